The Morgan fingerprint density at radius 2 is 1.24 bits per heavy atom. The maximum absolute atomic E-state index is 12.5. The molecular formula is C19H29N7O5S2. The average molecular weight is 500 g/mol. The van der Waals surface area contributed by atoms with Gasteiger partial charge in [0, 0.05) is 64.9 Å². The number of imidazole rings is 2. The molecule has 0 radical (unpaired) electrons. The van der Waals surface area contributed by atoms with Crippen molar-refractivity contribution in [3.05, 3.63) is 60.0 Å². The standard InChI is InChI=1S/C19H29N7O5S2/c1-15-7-8-16(2)26(15)10-9-19(27,17-11-24(13-20-17)32(28,29)22(3)4)18-12-25(14-21-18)33(30,31)23(5)6/h7-8,11-14,27H,9-10H2,1-6H3. The van der Waals surface area contributed by atoms with Gasteiger partial charge in [0.2, 0.25) is 0 Å². The van der Waals surface area contributed by atoms with Gasteiger partial charge in [0.05, 0.1) is 11.4 Å². The van der Waals surface area contributed by atoms with Crippen LogP contribution in [0.2, 0.25) is 0 Å². The maximum Gasteiger partial charge on any atom is 0.308 e. The van der Waals surface area contributed by atoms with Crippen molar-refractivity contribution in [1.82, 2.24) is 31.1 Å². The van der Waals surface area contributed by atoms with Crippen LogP contribution in [-0.4, -0.2) is 81.2 Å². The summed E-state index contributed by atoms with van der Waals surface area (Å²) in [5, 5.41) is 11.8. The summed E-state index contributed by atoms with van der Waals surface area (Å²) in [5.41, 5.74) is 0.168. The van der Waals surface area contributed by atoms with Crippen molar-refractivity contribution < 1.29 is 21.9 Å². The smallest absolute Gasteiger partial charge is 0.308 e. The quantitative estimate of drug-likeness (QED) is 0.442. The van der Waals surface area contributed by atoms with E-state index in [-0.39, 0.29) is 17.8 Å². The Morgan fingerprint density at radius 1 is 0.848 bits per heavy atom. The lowest BCUT2D eigenvalue weighted by Crippen LogP contribution is -2.32. The van der Waals surface area contributed by atoms with E-state index >= 15 is 0 Å². The monoisotopic (exact) mass is 499 g/mol. The van der Waals surface area contributed by atoms with Gasteiger partial charge in [-0.05, 0) is 26.0 Å². The zero-order valence-corrected chi connectivity index (χ0v) is 21.0. The summed E-state index contributed by atoms with van der Waals surface area (Å²) >= 11 is 0. The minimum absolute atomic E-state index is 0.0305. The van der Waals surface area contributed by atoms with E-state index in [0.717, 1.165) is 40.6 Å². The van der Waals surface area contributed by atoms with Crippen LogP contribution < -0.4 is 0 Å². The van der Waals surface area contributed by atoms with Gasteiger partial charge in [-0.1, -0.05) is 0 Å². The Labute approximate surface area is 194 Å². The molecule has 0 aliphatic carbocycles. The number of nitrogens with zero attached hydrogens (tertiary/aromatic N) is 7. The molecule has 0 atom stereocenters. The fourth-order valence-corrected chi connectivity index (χ4v) is 4.94. The summed E-state index contributed by atoms with van der Waals surface area (Å²) in [6, 6.07) is 3.90. The van der Waals surface area contributed by atoms with E-state index in [0.29, 0.717) is 6.54 Å². The zero-order chi connectivity index (χ0) is 24.8. The first-order valence-electron chi connectivity index (χ1n) is 10.0. The van der Waals surface area contributed by atoms with E-state index < -0.39 is 26.0 Å². The summed E-state index contributed by atoms with van der Waals surface area (Å²) in [6.45, 7) is 4.23. The van der Waals surface area contributed by atoms with Crippen LogP contribution in [0, 0.1) is 13.8 Å². The van der Waals surface area contributed by atoms with Gasteiger partial charge in [0.25, 0.3) is 0 Å². The largest absolute Gasteiger partial charge is 0.377 e. The average Bonchev–Trinajstić information content (AvgIpc) is 3.47. The highest BCUT2D eigenvalue weighted by atomic mass is 32.2. The van der Waals surface area contributed by atoms with E-state index in [1.165, 1.54) is 40.6 Å². The third-order valence-corrected chi connectivity index (χ3v) is 8.85. The molecule has 0 bridgehead atoms. The predicted molar refractivity (Wildman–Crippen MR) is 122 cm³/mol. The molecule has 182 valence electrons. The van der Waals surface area contributed by atoms with Crippen molar-refractivity contribution in [2.45, 2.75) is 32.4 Å². The SMILES string of the molecule is Cc1ccc(C)n1CCC(O)(c1cn(S(=O)(=O)N(C)C)cn1)c1cn(S(=O)(=O)N(C)C)cn1. The van der Waals surface area contributed by atoms with Crippen LogP contribution in [0.25, 0.3) is 0 Å². The molecule has 12 nitrogen and oxygen atoms in total. The van der Waals surface area contributed by atoms with Gasteiger partial charge in [-0.2, -0.15) is 25.4 Å². The Bertz CT molecular complexity index is 1250. The van der Waals surface area contributed by atoms with Crippen molar-refractivity contribution in [3.63, 3.8) is 0 Å². The Kier molecular flexibility index (Phi) is 6.61. The number of aryl methyl sites for hydroxylation is 2. The molecule has 3 heterocycles. The molecule has 0 unspecified atom stereocenters. The molecule has 0 amide bonds. The van der Waals surface area contributed by atoms with E-state index in [1.807, 2.05) is 30.5 Å². The normalized spacial score (nSPS) is 13.4. The van der Waals surface area contributed by atoms with Gasteiger partial charge in [-0.25, -0.2) is 17.9 Å². The zero-order valence-electron chi connectivity index (χ0n) is 19.4. The molecule has 0 aromatic carbocycles. The van der Waals surface area contributed by atoms with Gasteiger partial charge in [-0.3, -0.25) is 0 Å². The first kappa shape index (κ1) is 25.1. The van der Waals surface area contributed by atoms with Crippen molar-refractivity contribution in [2.24, 2.45) is 0 Å². The first-order chi connectivity index (χ1) is 15.2. The Morgan fingerprint density at radius 3 is 1.61 bits per heavy atom. The van der Waals surface area contributed by atoms with Crippen molar-refractivity contribution in [3.8, 4) is 0 Å². The van der Waals surface area contributed by atoms with Gasteiger partial charge < -0.3 is 9.67 Å². The van der Waals surface area contributed by atoms with Gasteiger partial charge in [-0.15, -0.1) is 0 Å². The van der Waals surface area contributed by atoms with Crippen LogP contribution in [0.5, 0.6) is 0 Å². The highest BCUT2D eigenvalue weighted by Crippen LogP contribution is 2.32. The maximum atomic E-state index is 12.5. The highest BCUT2D eigenvalue weighted by Gasteiger charge is 2.38. The lowest BCUT2D eigenvalue weighted by Gasteiger charge is -2.25. The summed E-state index contributed by atoms with van der Waals surface area (Å²) in [6.07, 6.45) is 4.68. The molecule has 3 aromatic rings. The second-order valence-corrected chi connectivity index (χ2v) is 12.2. The summed E-state index contributed by atoms with van der Waals surface area (Å²) in [5.74, 6) is 0. The molecular weight excluding hydrogens is 470 g/mol. The topological polar surface area (TPSA) is 136 Å². The highest BCUT2D eigenvalue weighted by molar-refractivity contribution is 7.87. The van der Waals surface area contributed by atoms with E-state index in [2.05, 4.69) is 9.97 Å². The number of aromatic nitrogens is 5. The second-order valence-electron chi connectivity index (χ2n) is 8.14. The number of aliphatic hydroxyl groups is 1. The van der Waals surface area contributed by atoms with Gasteiger partial charge in [0.15, 0.2) is 5.60 Å². The second kappa shape index (κ2) is 8.68. The van der Waals surface area contributed by atoms with Crippen molar-refractivity contribution >= 4 is 20.4 Å². The molecule has 0 aliphatic rings. The summed E-state index contributed by atoms with van der Waals surface area (Å²) in [4.78, 5) is 8.31. The first-order valence-corrected chi connectivity index (χ1v) is 12.8. The fraction of sp³-hybridized carbons (Fsp3) is 0.474. The summed E-state index contributed by atoms with van der Waals surface area (Å²) < 4.78 is 55.9. The van der Waals surface area contributed by atoms with Crippen LogP contribution in [0.3, 0.4) is 0 Å². The third-order valence-electron chi connectivity index (χ3n) is 5.54. The molecule has 33 heavy (non-hydrogen) atoms. The van der Waals surface area contributed by atoms with Crippen LogP contribution in [-0.2, 0) is 32.6 Å². The van der Waals surface area contributed by atoms with E-state index in [9.17, 15) is 21.9 Å². The minimum Gasteiger partial charge on any atom is -0.377 e. The van der Waals surface area contributed by atoms with Crippen molar-refractivity contribution in [2.75, 3.05) is 28.2 Å². The summed E-state index contributed by atoms with van der Waals surface area (Å²) in [7, 11) is -2.19. The minimum atomic E-state index is -3.86. The molecule has 0 spiro atoms. The molecule has 0 saturated heterocycles. The molecule has 0 aliphatic heterocycles. The number of hydrogen-bond donors (Lipinski definition) is 1. The molecule has 3 rings (SSSR count). The van der Waals surface area contributed by atoms with Crippen molar-refractivity contribution in [1.29, 1.82) is 0 Å². The van der Waals surface area contributed by atoms with Gasteiger partial charge in [0.1, 0.15) is 12.7 Å². The number of rotatable bonds is 9. The lowest BCUT2D eigenvalue weighted by atomic mass is 9.92. The third kappa shape index (κ3) is 4.48. The van der Waals surface area contributed by atoms with Crippen LogP contribution >= 0.6 is 0 Å². The number of hydrogen-bond acceptors (Lipinski definition) is 7. The van der Waals surface area contributed by atoms with Crippen LogP contribution in [0.4, 0.5) is 0 Å². The van der Waals surface area contributed by atoms with Gasteiger partial charge >= 0.3 is 20.4 Å². The van der Waals surface area contributed by atoms with Crippen LogP contribution in [0.1, 0.15) is 29.2 Å². The molecule has 0 saturated carbocycles. The van der Waals surface area contributed by atoms with Crippen LogP contribution in [0.15, 0.2) is 37.2 Å². The van der Waals surface area contributed by atoms with E-state index in [1.54, 1.807) is 0 Å². The predicted octanol–water partition coefficient (Wildman–Crippen LogP) is 0.133. The molecule has 14 heteroatoms. The Hall–Kier alpha value is -2.52. The Balaban J connectivity index is 2.10. The van der Waals surface area contributed by atoms with E-state index in [4.69, 9.17) is 0 Å². The molecule has 0 fully saturated rings. The molecule has 1 N–H and O–H groups in total. The lowest BCUT2D eigenvalue weighted by molar-refractivity contribution is 0.0576. The fourth-order valence-electron chi connectivity index (χ4n) is 3.38. The molecule has 3 aromatic heterocycles.